The minimum Gasteiger partial charge on any atom is -0.360 e. The summed E-state index contributed by atoms with van der Waals surface area (Å²) in [6, 6.07) is 16.4. The predicted octanol–water partition coefficient (Wildman–Crippen LogP) is 7.41. The van der Waals surface area contributed by atoms with Crippen molar-refractivity contribution >= 4 is 28.2 Å². The van der Waals surface area contributed by atoms with Crippen molar-refractivity contribution < 1.29 is 9.53 Å². The predicted molar refractivity (Wildman–Crippen MR) is 140 cm³/mol. The number of nitrogens with zero attached hydrogens (tertiary/aromatic N) is 1. The van der Waals surface area contributed by atoms with Gasteiger partial charge in [0, 0.05) is 5.02 Å². The highest BCUT2D eigenvalue weighted by Crippen LogP contribution is 2.43. The van der Waals surface area contributed by atoms with Crippen LogP contribution in [0.25, 0.3) is 21.9 Å². The van der Waals surface area contributed by atoms with Crippen molar-refractivity contribution in [2.45, 2.75) is 59.2 Å². The molecule has 0 aromatic heterocycles. The van der Waals surface area contributed by atoms with Gasteiger partial charge < -0.3 is 9.64 Å². The van der Waals surface area contributed by atoms with E-state index in [4.69, 9.17) is 16.3 Å². The summed E-state index contributed by atoms with van der Waals surface area (Å²) in [6.07, 6.45) is 1.34. The molecule has 1 atom stereocenters. The van der Waals surface area contributed by atoms with Crippen molar-refractivity contribution in [3.63, 3.8) is 0 Å². The number of carbonyl (C=O) groups is 1. The first-order valence-corrected chi connectivity index (χ1v) is 12.0. The van der Waals surface area contributed by atoms with Crippen molar-refractivity contribution in [3.8, 4) is 11.1 Å². The Bertz CT molecular complexity index is 1130. The number of ether oxygens (including phenoxy) is 1. The number of rotatable bonds is 8. The second kappa shape index (κ2) is 10.4. The molecule has 3 rings (SSSR count). The van der Waals surface area contributed by atoms with E-state index < -0.39 is 11.7 Å². The number of fused-ring (bicyclic) bond motifs is 1. The van der Waals surface area contributed by atoms with Crippen molar-refractivity contribution in [1.29, 1.82) is 0 Å². The van der Waals surface area contributed by atoms with Crippen LogP contribution in [0.15, 0.2) is 48.5 Å². The smallest absolute Gasteiger partial charge is 0.163 e. The van der Waals surface area contributed by atoms with Gasteiger partial charge in [0.25, 0.3) is 0 Å². The van der Waals surface area contributed by atoms with Gasteiger partial charge in [-0.05, 0) is 119 Å². The van der Waals surface area contributed by atoms with Crippen LogP contribution in [0.5, 0.6) is 0 Å². The van der Waals surface area contributed by atoms with Crippen LogP contribution in [-0.2, 0) is 16.0 Å². The molecule has 0 fully saturated rings. The third-order valence-corrected chi connectivity index (χ3v) is 6.17. The number of Topliss-reactive ketones (excluding diaryl/α,β-unsaturated/α-hetero) is 1. The number of hydrogen-bond donors (Lipinski definition) is 0. The van der Waals surface area contributed by atoms with Crippen molar-refractivity contribution in [2.75, 3.05) is 20.6 Å². The zero-order valence-corrected chi connectivity index (χ0v) is 21.7. The third kappa shape index (κ3) is 6.03. The van der Waals surface area contributed by atoms with E-state index in [1.807, 2.05) is 45.0 Å². The maximum Gasteiger partial charge on any atom is 0.163 e. The Hall–Kier alpha value is -2.20. The SMILES string of the molecule is CC(=O)C(OC(C)(C)C)c1c(C)c(CCCN(C)C)c2ccccc2c1-c1ccc(Cl)cc1. The summed E-state index contributed by atoms with van der Waals surface area (Å²) >= 11 is 6.21. The quantitative estimate of drug-likeness (QED) is 0.347. The Kier molecular flexibility index (Phi) is 8.00. The Balaban J connectivity index is 2.37. The van der Waals surface area contributed by atoms with Gasteiger partial charge in [-0.2, -0.15) is 0 Å². The first kappa shape index (κ1) is 25.4. The van der Waals surface area contributed by atoms with E-state index in [0.29, 0.717) is 5.02 Å². The molecule has 0 amide bonds. The number of carbonyl (C=O) groups excluding carboxylic acids is 1. The summed E-state index contributed by atoms with van der Waals surface area (Å²) in [7, 11) is 4.20. The summed E-state index contributed by atoms with van der Waals surface area (Å²) in [6.45, 7) is 10.8. The van der Waals surface area contributed by atoms with E-state index in [0.717, 1.165) is 47.0 Å². The summed E-state index contributed by atoms with van der Waals surface area (Å²) in [5, 5.41) is 3.07. The minimum absolute atomic E-state index is 0.0118. The van der Waals surface area contributed by atoms with Crippen LogP contribution in [0, 0.1) is 6.92 Å². The van der Waals surface area contributed by atoms with Crippen molar-refractivity contribution in [1.82, 2.24) is 4.90 Å². The lowest BCUT2D eigenvalue weighted by Crippen LogP contribution is -2.27. The average molecular weight is 466 g/mol. The van der Waals surface area contributed by atoms with E-state index >= 15 is 0 Å². The minimum atomic E-state index is -0.645. The van der Waals surface area contributed by atoms with E-state index in [1.165, 1.54) is 10.9 Å². The molecule has 0 saturated heterocycles. The second-order valence-electron chi connectivity index (χ2n) is 10.1. The number of ketones is 1. The second-order valence-corrected chi connectivity index (χ2v) is 10.5. The molecule has 0 aliphatic heterocycles. The number of halogens is 1. The fraction of sp³-hybridized carbons (Fsp3) is 0.414. The molecule has 0 radical (unpaired) electrons. The van der Waals surface area contributed by atoms with Crippen molar-refractivity contribution in [2.24, 2.45) is 0 Å². The molecule has 3 aromatic rings. The molecule has 0 aliphatic rings. The number of aryl methyl sites for hydroxylation is 1. The van der Waals surface area contributed by atoms with Gasteiger partial charge in [0.1, 0.15) is 6.10 Å². The molecule has 3 aromatic carbocycles. The highest BCUT2D eigenvalue weighted by molar-refractivity contribution is 6.30. The van der Waals surface area contributed by atoms with Gasteiger partial charge in [-0.1, -0.05) is 48.0 Å². The average Bonchev–Trinajstić information content (AvgIpc) is 2.73. The monoisotopic (exact) mass is 465 g/mol. The van der Waals surface area contributed by atoms with Gasteiger partial charge in [-0.3, -0.25) is 4.79 Å². The van der Waals surface area contributed by atoms with Gasteiger partial charge in [0.05, 0.1) is 5.60 Å². The lowest BCUT2D eigenvalue weighted by atomic mass is 9.82. The lowest BCUT2D eigenvalue weighted by molar-refractivity contribution is -0.138. The molecule has 1 unspecified atom stereocenters. The summed E-state index contributed by atoms with van der Waals surface area (Å²) in [4.78, 5) is 15.2. The van der Waals surface area contributed by atoms with E-state index in [-0.39, 0.29) is 5.78 Å². The Labute approximate surface area is 203 Å². The van der Waals surface area contributed by atoms with Crippen LogP contribution in [0.1, 0.15) is 56.9 Å². The van der Waals surface area contributed by atoms with Crippen LogP contribution in [0.2, 0.25) is 5.02 Å². The fourth-order valence-corrected chi connectivity index (χ4v) is 4.64. The van der Waals surface area contributed by atoms with Crippen LogP contribution in [0.3, 0.4) is 0 Å². The van der Waals surface area contributed by atoms with Crippen molar-refractivity contribution in [3.05, 3.63) is 70.2 Å². The van der Waals surface area contributed by atoms with E-state index in [2.05, 4.69) is 50.2 Å². The van der Waals surface area contributed by atoms with Crippen LogP contribution in [0.4, 0.5) is 0 Å². The van der Waals surface area contributed by atoms with Gasteiger partial charge in [0.2, 0.25) is 0 Å². The van der Waals surface area contributed by atoms with Crippen LogP contribution in [-0.4, -0.2) is 36.9 Å². The van der Waals surface area contributed by atoms with Gasteiger partial charge in [0.15, 0.2) is 5.78 Å². The molecule has 0 aliphatic carbocycles. The standard InChI is InChI=1S/C29H36ClNO2/c1-19-23(13-10-18-31(6)7)24-11-8-9-12-25(24)27(21-14-16-22(30)17-15-21)26(19)28(20(2)32)33-29(3,4)5/h8-9,11-12,14-17,28H,10,13,18H2,1-7H3. The summed E-state index contributed by atoms with van der Waals surface area (Å²) < 4.78 is 6.41. The molecule has 3 nitrogen and oxygen atoms in total. The highest BCUT2D eigenvalue weighted by Gasteiger charge is 2.30. The Morgan fingerprint density at radius 1 is 1.03 bits per heavy atom. The number of benzene rings is 3. The van der Waals surface area contributed by atoms with Crippen LogP contribution < -0.4 is 0 Å². The maximum absolute atomic E-state index is 13.0. The molecule has 0 saturated carbocycles. The largest absolute Gasteiger partial charge is 0.360 e. The third-order valence-electron chi connectivity index (χ3n) is 5.92. The first-order valence-electron chi connectivity index (χ1n) is 11.6. The molecule has 0 heterocycles. The zero-order chi connectivity index (χ0) is 24.3. The van der Waals surface area contributed by atoms with E-state index in [1.54, 1.807) is 6.92 Å². The number of hydrogen-bond acceptors (Lipinski definition) is 3. The molecule has 33 heavy (non-hydrogen) atoms. The summed E-state index contributed by atoms with van der Waals surface area (Å²) in [5.41, 5.74) is 5.04. The summed E-state index contributed by atoms with van der Waals surface area (Å²) in [5.74, 6) is 0.0118. The Morgan fingerprint density at radius 3 is 2.18 bits per heavy atom. The topological polar surface area (TPSA) is 29.5 Å². The van der Waals surface area contributed by atoms with Gasteiger partial charge >= 0.3 is 0 Å². The molecule has 0 N–H and O–H groups in total. The van der Waals surface area contributed by atoms with Crippen LogP contribution >= 0.6 is 11.6 Å². The lowest BCUT2D eigenvalue weighted by Gasteiger charge is -2.31. The van der Waals surface area contributed by atoms with E-state index in [9.17, 15) is 4.79 Å². The maximum atomic E-state index is 13.0. The molecule has 0 spiro atoms. The Morgan fingerprint density at radius 2 is 1.64 bits per heavy atom. The zero-order valence-electron chi connectivity index (χ0n) is 21.0. The van der Waals surface area contributed by atoms with Gasteiger partial charge in [-0.25, -0.2) is 0 Å². The van der Waals surface area contributed by atoms with Gasteiger partial charge in [-0.15, -0.1) is 0 Å². The first-order chi connectivity index (χ1) is 15.5. The molecular weight excluding hydrogens is 430 g/mol. The molecule has 4 heteroatoms. The normalized spacial score (nSPS) is 13.0. The highest BCUT2D eigenvalue weighted by atomic mass is 35.5. The molecule has 176 valence electrons. The molecule has 0 bridgehead atoms. The molecular formula is C29H36ClNO2. The fourth-order valence-electron chi connectivity index (χ4n) is 4.51.